The van der Waals surface area contributed by atoms with Crippen LogP contribution in [0.3, 0.4) is 0 Å². The van der Waals surface area contributed by atoms with Crippen molar-refractivity contribution in [2.75, 3.05) is 44.7 Å². The summed E-state index contributed by atoms with van der Waals surface area (Å²) in [7, 11) is 1.87. The smallest absolute Gasteiger partial charge is 0.223 e. The van der Waals surface area contributed by atoms with E-state index in [9.17, 15) is 4.79 Å². The molecule has 0 bridgehead atoms. The van der Waals surface area contributed by atoms with E-state index in [1.165, 1.54) is 0 Å². The van der Waals surface area contributed by atoms with Gasteiger partial charge in [-0.25, -0.2) is 0 Å². The number of anilines is 1. The average molecular weight is 282 g/mol. The van der Waals surface area contributed by atoms with Gasteiger partial charge in [0.15, 0.2) is 0 Å². The van der Waals surface area contributed by atoms with Crippen LogP contribution in [0.4, 0.5) is 5.69 Å². The molecule has 1 amide bonds. The monoisotopic (exact) mass is 281 g/mol. The molecule has 104 valence electrons. The number of carbonyl (C=O) groups is 1. The first kappa shape index (κ1) is 14.2. The third-order valence-electron chi connectivity index (χ3n) is 3.39. The molecule has 1 saturated heterocycles. The molecule has 1 aliphatic rings. The minimum absolute atomic E-state index is 0.236. The molecule has 0 spiro atoms. The van der Waals surface area contributed by atoms with Crippen molar-refractivity contribution in [3.63, 3.8) is 0 Å². The Morgan fingerprint density at radius 3 is 2.68 bits per heavy atom. The van der Waals surface area contributed by atoms with E-state index in [1.54, 1.807) is 0 Å². The predicted octanol–water partition coefficient (Wildman–Crippen LogP) is 1.60. The van der Waals surface area contributed by atoms with Crippen molar-refractivity contribution in [3.05, 3.63) is 29.3 Å². The summed E-state index contributed by atoms with van der Waals surface area (Å²) in [5.41, 5.74) is 1.13. The zero-order valence-electron chi connectivity index (χ0n) is 11.2. The van der Waals surface area contributed by atoms with Crippen LogP contribution >= 0.6 is 11.6 Å². The number of hydrogen-bond acceptors (Lipinski definition) is 3. The van der Waals surface area contributed by atoms with Gasteiger partial charge in [-0.1, -0.05) is 17.7 Å². The molecule has 0 radical (unpaired) electrons. The van der Waals surface area contributed by atoms with Gasteiger partial charge >= 0.3 is 0 Å². The lowest BCUT2D eigenvalue weighted by molar-refractivity contribution is -0.131. The number of benzene rings is 1. The van der Waals surface area contributed by atoms with E-state index in [0.29, 0.717) is 6.42 Å². The van der Waals surface area contributed by atoms with E-state index in [1.807, 2.05) is 30.1 Å². The highest BCUT2D eigenvalue weighted by Gasteiger charge is 2.20. The SMILES string of the molecule is CNCCC(=O)N1CCN(c2cccc(Cl)c2)CC1. The summed E-state index contributed by atoms with van der Waals surface area (Å²) in [6, 6.07) is 7.87. The fraction of sp³-hybridized carbons (Fsp3) is 0.500. The van der Waals surface area contributed by atoms with E-state index < -0.39 is 0 Å². The van der Waals surface area contributed by atoms with Gasteiger partial charge < -0.3 is 15.1 Å². The van der Waals surface area contributed by atoms with Crippen molar-refractivity contribution in [2.24, 2.45) is 0 Å². The van der Waals surface area contributed by atoms with Gasteiger partial charge in [-0.05, 0) is 25.2 Å². The largest absolute Gasteiger partial charge is 0.368 e. The van der Waals surface area contributed by atoms with Crippen LogP contribution < -0.4 is 10.2 Å². The van der Waals surface area contributed by atoms with Crippen LogP contribution in [-0.2, 0) is 4.79 Å². The van der Waals surface area contributed by atoms with E-state index >= 15 is 0 Å². The van der Waals surface area contributed by atoms with Gasteiger partial charge in [0.05, 0.1) is 0 Å². The van der Waals surface area contributed by atoms with Gasteiger partial charge in [0.2, 0.25) is 5.91 Å². The Labute approximate surface area is 119 Å². The Morgan fingerprint density at radius 2 is 2.05 bits per heavy atom. The third-order valence-corrected chi connectivity index (χ3v) is 3.63. The van der Waals surface area contributed by atoms with Gasteiger partial charge in [0.25, 0.3) is 0 Å². The molecule has 19 heavy (non-hydrogen) atoms. The zero-order valence-corrected chi connectivity index (χ0v) is 12.0. The highest BCUT2D eigenvalue weighted by atomic mass is 35.5. The van der Waals surface area contributed by atoms with Crippen LogP contribution in [0.5, 0.6) is 0 Å². The summed E-state index contributed by atoms with van der Waals surface area (Å²) in [5, 5.41) is 3.76. The molecule has 0 aliphatic carbocycles. The normalized spacial score (nSPS) is 15.7. The van der Waals surface area contributed by atoms with Crippen LogP contribution in [0, 0.1) is 0 Å². The number of amides is 1. The summed E-state index contributed by atoms with van der Waals surface area (Å²) in [4.78, 5) is 16.1. The number of rotatable bonds is 4. The summed E-state index contributed by atoms with van der Waals surface area (Å²) in [5.74, 6) is 0.236. The second kappa shape index (κ2) is 6.78. The molecule has 1 aromatic rings. The molecule has 1 heterocycles. The Bertz CT molecular complexity index is 430. The molecular weight excluding hydrogens is 262 g/mol. The fourth-order valence-corrected chi connectivity index (χ4v) is 2.46. The number of carbonyl (C=O) groups excluding carboxylic acids is 1. The molecule has 0 unspecified atom stereocenters. The lowest BCUT2D eigenvalue weighted by atomic mass is 10.2. The maximum Gasteiger partial charge on any atom is 0.223 e. The second-order valence-electron chi connectivity index (χ2n) is 4.70. The quantitative estimate of drug-likeness (QED) is 0.911. The van der Waals surface area contributed by atoms with Crippen molar-refractivity contribution >= 4 is 23.2 Å². The molecule has 1 aliphatic heterocycles. The summed E-state index contributed by atoms with van der Waals surface area (Å²) >= 11 is 6.00. The number of hydrogen-bond donors (Lipinski definition) is 1. The van der Waals surface area contributed by atoms with Gasteiger partial charge in [0, 0.05) is 49.9 Å². The van der Waals surface area contributed by atoms with E-state index in [0.717, 1.165) is 43.4 Å². The van der Waals surface area contributed by atoms with E-state index in [4.69, 9.17) is 11.6 Å². The Hall–Kier alpha value is -1.26. The molecule has 1 N–H and O–H groups in total. The lowest BCUT2D eigenvalue weighted by Gasteiger charge is -2.36. The molecule has 0 atom stereocenters. The topological polar surface area (TPSA) is 35.6 Å². The maximum atomic E-state index is 11.9. The minimum atomic E-state index is 0.236. The standard InChI is InChI=1S/C14H20ClN3O/c1-16-6-5-14(19)18-9-7-17(8-10-18)13-4-2-3-12(15)11-13/h2-4,11,16H,5-10H2,1H3. The average Bonchev–Trinajstić information content (AvgIpc) is 2.45. The number of piperazine rings is 1. The molecule has 4 nitrogen and oxygen atoms in total. The van der Waals surface area contributed by atoms with E-state index in [-0.39, 0.29) is 5.91 Å². The first-order chi connectivity index (χ1) is 9.20. The van der Waals surface area contributed by atoms with Crippen LogP contribution in [0.2, 0.25) is 5.02 Å². The molecule has 0 saturated carbocycles. The molecule has 1 aromatic carbocycles. The number of halogens is 1. The highest BCUT2D eigenvalue weighted by Crippen LogP contribution is 2.20. The number of nitrogens with zero attached hydrogens (tertiary/aromatic N) is 2. The second-order valence-corrected chi connectivity index (χ2v) is 5.14. The lowest BCUT2D eigenvalue weighted by Crippen LogP contribution is -2.49. The van der Waals surface area contributed by atoms with Gasteiger partial charge in [-0.3, -0.25) is 4.79 Å². The summed E-state index contributed by atoms with van der Waals surface area (Å²) in [6.07, 6.45) is 0.577. The van der Waals surface area contributed by atoms with Crippen LogP contribution in [0.1, 0.15) is 6.42 Å². The van der Waals surface area contributed by atoms with Crippen LogP contribution in [0.15, 0.2) is 24.3 Å². The van der Waals surface area contributed by atoms with Gasteiger partial charge in [-0.15, -0.1) is 0 Å². The van der Waals surface area contributed by atoms with Crippen molar-refractivity contribution in [3.8, 4) is 0 Å². The van der Waals surface area contributed by atoms with Crippen LogP contribution in [0.25, 0.3) is 0 Å². The molecule has 5 heteroatoms. The van der Waals surface area contributed by atoms with E-state index in [2.05, 4.69) is 16.3 Å². The predicted molar refractivity (Wildman–Crippen MR) is 78.8 cm³/mol. The molecule has 2 rings (SSSR count). The Balaban J connectivity index is 1.87. The van der Waals surface area contributed by atoms with Crippen molar-refractivity contribution in [1.82, 2.24) is 10.2 Å². The first-order valence-electron chi connectivity index (χ1n) is 6.63. The maximum absolute atomic E-state index is 11.9. The van der Waals surface area contributed by atoms with Gasteiger partial charge in [-0.2, -0.15) is 0 Å². The third kappa shape index (κ3) is 3.85. The minimum Gasteiger partial charge on any atom is -0.368 e. The number of nitrogens with one attached hydrogen (secondary N) is 1. The Morgan fingerprint density at radius 1 is 1.32 bits per heavy atom. The molecular formula is C14H20ClN3O. The summed E-state index contributed by atoms with van der Waals surface area (Å²) in [6.45, 7) is 4.05. The first-order valence-corrected chi connectivity index (χ1v) is 7.01. The van der Waals surface area contributed by atoms with Crippen molar-refractivity contribution in [2.45, 2.75) is 6.42 Å². The van der Waals surface area contributed by atoms with Crippen molar-refractivity contribution in [1.29, 1.82) is 0 Å². The highest BCUT2D eigenvalue weighted by molar-refractivity contribution is 6.30. The van der Waals surface area contributed by atoms with Crippen LogP contribution in [-0.4, -0.2) is 50.6 Å². The zero-order chi connectivity index (χ0) is 13.7. The Kier molecular flexibility index (Phi) is 5.05. The van der Waals surface area contributed by atoms with Crippen molar-refractivity contribution < 1.29 is 4.79 Å². The summed E-state index contributed by atoms with van der Waals surface area (Å²) < 4.78 is 0. The molecule has 0 aromatic heterocycles. The fourth-order valence-electron chi connectivity index (χ4n) is 2.28. The molecule has 1 fully saturated rings. The van der Waals surface area contributed by atoms with Gasteiger partial charge in [0.1, 0.15) is 0 Å².